The van der Waals surface area contributed by atoms with E-state index in [-0.39, 0.29) is 29.9 Å². The van der Waals surface area contributed by atoms with Crippen LogP contribution in [0.15, 0.2) is 48.7 Å². The van der Waals surface area contributed by atoms with Gasteiger partial charge in [-0.05, 0) is 74.1 Å². The van der Waals surface area contributed by atoms with Crippen LogP contribution in [0.4, 0.5) is 23.2 Å². The number of benzene rings is 2. The monoisotopic (exact) mass is 546 g/mol. The van der Waals surface area contributed by atoms with E-state index in [1.807, 2.05) is 19.2 Å². The van der Waals surface area contributed by atoms with Crippen LogP contribution >= 0.6 is 11.3 Å². The Morgan fingerprint density at radius 3 is 2.50 bits per heavy atom. The number of piperidine rings is 1. The minimum atomic E-state index is -4.72. The second-order valence-corrected chi connectivity index (χ2v) is 10.6. The van der Waals surface area contributed by atoms with Crippen LogP contribution in [0.25, 0.3) is 4.96 Å². The molecule has 2 aromatic carbocycles. The van der Waals surface area contributed by atoms with Gasteiger partial charge in [-0.3, -0.25) is 9.20 Å². The highest BCUT2D eigenvalue weighted by Crippen LogP contribution is 2.33. The number of carbonyl (C=O) groups is 1. The van der Waals surface area contributed by atoms with Crippen LogP contribution in [-0.2, 0) is 6.54 Å². The predicted molar refractivity (Wildman–Crippen MR) is 137 cm³/mol. The topological polar surface area (TPSA) is 58.9 Å². The lowest BCUT2D eigenvalue weighted by molar-refractivity contribution is -0.274. The van der Waals surface area contributed by atoms with Crippen LogP contribution in [0.1, 0.15) is 50.9 Å². The zero-order valence-corrected chi connectivity index (χ0v) is 21.6. The van der Waals surface area contributed by atoms with Gasteiger partial charge in [0.1, 0.15) is 17.3 Å². The molecule has 38 heavy (non-hydrogen) atoms. The minimum absolute atomic E-state index is 0.0345. The number of halogens is 4. The van der Waals surface area contributed by atoms with Gasteiger partial charge < -0.3 is 15.0 Å². The van der Waals surface area contributed by atoms with Gasteiger partial charge in [-0.25, -0.2) is 9.37 Å². The van der Waals surface area contributed by atoms with Crippen LogP contribution in [0.5, 0.6) is 5.75 Å². The number of rotatable bonds is 6. The number of nitrogens with one attached hydrogen (secondary N) is 1. The van der Waals surface area contributed by atoms with Crippen molar-refractivity contribution in [2.45, 2.75) is 45.5 Å². The van der Waals surface area contributed by atoms with Gasteiger partial charge in [-0.15, -0.1) is 24.5 Å². The molecule has 0 radical (unpaired) electrons. The summed E-state index contributed by atoms with van der Waals surface area (Å²) in [5.74, 6) is -0.792. The maximum absolute atomic E-state index is 15.1. The van der Waals surface area contributed by atoms with Crippen LogP contribution in [0.2, 0.25) is 0 Å². The molecule has 0 spiro atoms. The highest BCUT2D eigenvalue weighted by molar-refractivity contribution is 7.17. The van der Waals surface area contributed by atoms with E-state index < -0.39 is 6.36 Å². The number of aryl methyl sites for hydroxylation is 2. The molecule has 1 amide bonds. The van der Waals surface area contributed by atoms with Gasteiger partial charge in [0.15, 0.2) is 4.96 Å². The molecule has 3 heterocycles. The van der Waals surface area contributed by atoms with Crippen molar-refractivity contribution in [1.29, 1.82) is 0 Å². The zero-order chi connectivity index (χ0) is 27.0. The normalized spacial score (nSPS) is 14.7. The van der Waals surface area contributed by atoms with Gasteiger partial charge in [0.05, 0.1) is 5.69 Å². The van der Waals surface area contributed by atoms with E-state index in [0.29, 0.717) is 48.4 Å². The molecule has 0 bridgehead atoms. The summed E-state index contributed by atoms with van der Waals surface area (Å²) in [6, 6.07) is 10.9. The van der Waals surface area contributed by atoms with Gasteiger partial charge >= 0.3 is 6.36 Å². The molecular formula is C27H26F4N4O2S. The summed E-state index contributed by atoms with van der Waals surface area (Å²) in [7, 11) is 0. The summed E-state index contributed by atoms with van der Waals surface area (Å²) in [6.07, 6.45) is -1.42. The fourth-order valence-electron chi connectivity index (χ4n) is 4.92. The fourth-order valence-corrected chi connectivity index (χ4v) is 5.79. The average Bonchev–Trinajstić information content (AvgIpc) is 3.36. The first-order valence-electron chi connectivity index (χ1n) is 12.2. The Balaban J connectivity index is 1.17. The number of hydrogen-bond donors (Lipinski definition) is 1. The third kappa shape index (κ3) is 5.62. The molecule has 1 N–H and O–H groups in total. The van der Waals surface area contributed by atoms with Crippen LogP contribution < -0.4 is 15.0 Å². The number of amides is 1. The van der Waals surface area contributed by atoms with E-state index in [2.05, 4.69) is 19.9 Å². The number of alkyl halides is 3. The highest BCUT2D eigenvalue weighted by Gasteiger charge is 2.31. The summed E-state index contributed by atoms with van der Waals surface area (Å²) >= 11 is 1.51. The molecule has 1 aliphatic heterocycles. The molecule has 1 fully saturated rings. The van der Waals surface area contributed by atoms with Crippen molar-refractivity contribution >= 4 is 27.9 Å². The summed E-state index contributed by atoms with van der Waals surface area (Å²) in [5.41, 5.74) is 3.23. The Kier molecular flexibility index (Phi) is 7.04. The Morgan fingerprint density at radius 1 is 1.13 bits per heavy atom. The second kappa shape index (κ2) is 10.3. The molecule has 2 aromatic heterocycles. The number of thiazole rings is 1. The van der Waals surface area contributed by atoms with Gasteiger partial charge in [-0.2, -0.15) is 0 Å². The predicted octanol–water partition coefficient (Wildman–Crippen LogP) is 6.36. The van der Waals surface area contributed by atoms with Gasteiger partial charge in [-0.1, -0.05) is 12.1 Å². The molecule has 5 rings (SSSR count). The molecule has 0 aliphatic carbocycles. The average molecular weight is 547 g/mol. The lowest BCUT2D eigenvalue weighted by Gasteiger charge is -2.34. The number of fused-ring (bicyclic) bond motifs is 1. The summed E-state index contributed by atoms with van der Waals surface area (Å²) in [5, 5.41) is 2.87. The SMILES string of the molecule is Cc1cn2c(C(=O)NCc3ccc(C4CCN(c5ccc(OC(F)(F)F)cc5)CC4)c(F)c3)c(C)nc2s1. The van der Waals surface area contributed by atoms with Gasteiger partial charge in [0.25, 0.3) is 5.91 Å². The first-order chi connectivity index (χ1) is 18.1. The molecule has 1 saturated heterocycles. The maximum atomic E-state index is 15.1. The standard InChI is InChI=1S/C27H26F4N4O2S/c1-16-15-35-24(17(2)33-26(35)38-16)25(36)32-14-18-3-8-22(23(28)13-18)19-9-11-34(12-10-19)20-4-6-21(7-5-20)37-27(29,30)31/h3-8,13,15,19H,9-12,14H2,1-2H3,(H,32,36). The smallest absolute Gasteiger partial charge is 0.406 e. The van der Waals surface area contributed by atoms with E-state index in [9.17, 15) is 18.0 Å². The number of hydrogen-bond acceptors (Lipinski definition) is 5. The van der Waals surface area contributed by atoms with E-state index in [0.717, 1.165) is 15.5 Å². The Bertz CT molecular complexity index is 1450. The van der Waals surface area contributed by atoms with Gasteiger partial charge in [0.2, 0.25) is 0 Å². The van der Waals surface area contributed by atoms with Crippen molar-refractivity contribution in [2.75, 3.05) is 18.0 Å². The largest absolute Gasteiger partial charge is 0.573 e. The first-order valence-corrected chi connectivity index (χ1v) is 13.0. The number of imidazole rings is 1. The van der Waals surface area contributed by atoms with Crippen molar-refractivity contribution in [1.82, 2.24) is 14.7 Å². The molecule has 11 heteroatoms. The van der Waals surface area contributed by atoms with Crippen molar-refractivity contribution < 1.29 is 27.1 Å². The molecule has 0 atom stereocenters. The number of anilines is 1. The van der Waals surface area contributed by atoms with Crippen molar-refractivity contribution in [3.05, 3.63) is 81.9 Å². The molecule has 0 unspecified atom stereocenters. The molecule has 0 saturated carbocycles. The third-order valence-corrected chi connectivity index (χ3v) is 7.62. The van der Waals surface area contributed by atoms with Crippen molar-refractivity contribution in [3.8, 4) is 5.75 Å². The first kappa shape index (κ1) is 26.0. The van der Waals surface area contributed by atoms with E-state index in [4.69, 9.17) is 0 Å². The molecule has 1 aliphatic rings. The maximum Gasteiger partial charge on any atom is 0.573 e. The Labute approximate surface area is 220 Å². The number of aromatic nitrogens is 2. The Morgan fingerprint density at radius 2 is 1.84 bits per heavy atom. The van der Waals surface area contributed by atoms with Gasteiger partial charge in [0, 0.05) is 36.4 Å². The Hall–Kier alpha value is -3.60. The van der Waals surface area contributed by atoms with E-state index in [1.54, 1.807) is 29.5 Å². The van der Waals surface area contributed by atoms with Crippen molar-refractivity contribution in [2.24, 2.45) is 0 Å². The lowest BCUT2D eigenvalue weighted by atomic mass is 9.88. The lowest BCUT2D eigenvalue weighted by Crippen LogP contribution is -2.33. The zero-order valence-electron chi connectivity index (χ0n) is 20.8. The number of carbonyl (C=O) groups excluding carboxylic acids is 1. The summed E-state index contributed by atoms with van der Waals surface area (Å²) < 4.78 is 57.9. The molecular weight excluding hydrogens is 520 g/mol. The second-order valence-electron chi connectivity index (χ2n) is 9.38. The minimum Gasteiger partial charge on any atom is -0.406 e. The number of nitrogens with zero attached hydrogens (tertiary/aromatic N) is 3. The van der Waals surface area contributed by atoms with E-state index in [1.165, 1.54) is 29.5 Å². The molecule has 6 nitrogen and oxygen atoms in total. The summed E-state index contributed by atoms with van der Waals surface area (Å²) in [4.78, 5) is 21.2. The summed E-state index contributed by atoms with van der Waals surface area (Å²) in [6.45, 7) is 5.25. The van der Waals surface area contributed by atoms with Crippen LogP contribution in [-0.4, -0.2) is 34.7 Å². The third-order valence-electron chi connectivity index (χ3n) is 6.72. The number of ether oxygens (including phenoxy) is 1. The molecule has 200 valence electrons. The van der Waals surface area contributed by atoms with Crippen LogP contribution in [0, 0.1) is 19.7 Å². The molecule has 4 aromatic rings. The van der Waals surface area contributed by atoms with Crippen molar-refractivity contribution in [3.63, 3.8) is 0 Å². The van der Waals surface area contributed by atoms with E-state index >= 15 is 4.39 Å². The fraction of sp³-hybridized carbons (Fsp3) is 0.333. The van der Waals surface area contributed by atoms with Crippen LogP contribution in [0.3, 0.4) is 0 Å². The quantitative estimate of drug-likeness (QED) is 0.286. The highest BCUT2D eigenvalue weighted by atomic mass is 32.1.